The molecule has 0 aliphatic rings. The molecule has 20 heavy (non-hydrogen) atoms. The van der Waals surface area contributed by atoms with Crippen molar-refractivity contribution in [3.8, 4) is 0 Å². The quantitative estimate of drug-likeness (QED) is 0.839. The normalized spacial score (nSPS) is 12.2. The van der Waals surface area contributed by atoms with Crippen LogP contribution in [0.3, 0.4) is 0 Å². The molecule has 1 aromatic heterocycles. The fraction of sp³-hybridized carbons (Fsp3) is 0.250. The molecule has 4 nitrogen and oxygen atoms in total. The number of thioether (sulfide) groups is 1. The molecule has 0 saturated heterocycles. The fourth-order valence-corrected chi connectivity index (χ4v) is 3.89. The van der Waals surface area contributed by atoms with Gasteiger partial charge in [-0.2, -0.15) is 0 Å². The first-order valence-electron chi connectivity index (χ1n) is 5.68. The molecule has 106 valence electrons. The van der Waals surface area contributed by atoms with Gasteiger partial charge in [-0.05, 0) is 32.0 Å². The average Bonchev–Trinajstić information content (AvgIpc) is 2.73. The van der Waals surface area contributed by atoms with E-state index in [1.165, 1.54) is 23.1 Å². The van der Waals surface area contributed by atoms with Crippen molar-refractivity contribution in [1.82, 2.24) is 10.2 Å². The molecule has 0 radical (unpaired) electrons. The van der Waals surface area contributed by atoms with Crippen LogP contribution in [-0.4, -0.2) is 21.4 Å². The molecule has 1 unspecified atom stereocenters. The molecule has 0 aliphatic carbocycles. The smallest absolute Gasteiger partial charge is 0.237 e. The van der Waals surface area contributed by atoms with E-state index >= 15 is 0 Å². The van der Waals surface area contributed by atoms with Crippen LogP contribution in [0.15, 0.2) is 22.5 Å². The van der Waals surface area contributed by atoms with Crippen LogP contribution in [0, 0.1) is 6.92 Å². The van der Waals surface area contributed by atoms with Gasteiger partial charge in [-0.25, -0.2) is 0 Å². The van der Waals surface area contributed by atoms with Gasteiger partial charge in [-0.3, -0.25) is 4.79 Å². The van der Waals surface area contributed by atoms with E-state index in [4.69, 9.17) is 23.2 Å². The number of hydrogen-bond acceptors (Lipinski definition) is 5. The highest BCUT2D eigenvalue weighted by Crippen LogP contribution is 2.28. The highest BCUT2D eigenvalue weighted by molar-refractivity contribution is 8.02. The number of aromatic nitrogens is 2. The van der Waals surface area contributed by atoms with Crippen LogP contribution in [-0.2, 0) is 4.79 Å². The van der Waals surface area contributed by atoms with Crippen molar-refractivity contribution in [2.24, 2.45) is 0 Å². The summed E-state index contributed by atoms with van der Waals surface area (Å²) in [5.41, 5.74) is 0.577. The molecule has 0 spiro atoms. The monoisotopic (exact) mass is 347 g/mol. The van der Waals surface area contributed by atoms with Gasteiger partial charge in [-0.15, -0.1) is 10.2 Å². The SMILES string of the molecule is Cc1nnc(SC(C)C(=O)Nc2cc(Cl)cc(Cl)c2)s1. The summed E-state index contributed by atoms with van der Waals surface area (Å²) in [6, 6.07) is 4.91. The Bertz CT molecular complexity index is 613. The lowest BCUT2D eigenvalue weighted by atomic mass is 10.3. The number of nitrogens with zero attached hydrogens (tertiary/aromatic N) is 2. The molecule has 2 rings (SSSR count). The standard InChI is InChI=1S/C12H11Cl2N3OS2/c1-6(19-12-17-16-7(2)20-12)11(18)15-10-4-8(13)3-9(14)5-10/h3-6H,1-2H3,(H,15,18). The number of halogens is 2. The first kappa shape index (κ1) is 15.6. The maximum absolute atomic E-state index is 12.1. The van der Waals surface area contributed by atoms with Crippen LogP contribution >= 0.6 is 46.3 Å². The molecule has 1 aromatic carbocycles. The number of anilines is 1. The summed E-state index contributed by atoms with van der Waals surface area (Å²) in [6.45, 7) is 3.68. The molecule has 0 fully saturated rings. The number of nitrogens with one attached hydrogen (secondary N) is 1. The van der Waals surface area contributed by atoms with Crippen LogP contribution in [0.25, 0.3) is 0 Å². The molecule has 0 bridgehead atoms. The minimum absolute atomic E-state index is 0.138. The topological polar surface area (TPSA) is 54.9 Å². The third-order valence-corrected chi connectivity index (χ3v) is 4.74. The van der Waals surface area contributed by atoms with Gasteiger partial charge >= 0.3 is 0 Å². The summed E-state index contributed by atoms with van der Waals surface area (Å²) in [5, 5.41) is 12.2. The van der Waals surface area contributed by atoms with E-state index in [0.717, 1.165) is 9.35 Å². The van der Waals surface area contributed by atoms with Crippen LogP contribution in [0.5, 0.6) is 0 Å². The number of carbonyl (C=O) groups excluding carboxylic acids is 1. The van der Waals surface area contributed by atoms with E-state index in [-0.39, 0.29) is 11.2 Å². The van der Waals surface area contributed by atoms with E-state index in [9.17, 15) is 4.79 Å². The van der Waals surface area contributed by atoms with Crippen molar-refractivity contribution < 1.29 is 4.79 Å². The molecule has 0 saturated carbocycles. The Morgan fingerprint density at radius 2 is 1.95 bits per heavy atom. The van der Waals surface area contributed by atoms with Crippen molar-refractivity contribution >= 4 is 57.9 Å². The summed E-state index contributed by atoms with van der Waals surface area (Å²) in [5.74, 6) is -0.138. The van der Waals surface area contributed by atoms with Crippen LogP contribution in [0.4, 0.5) is 5.69 Å². The van der Waals surface area contributed by atoms with E-state index < -0.39 is 0 Å². The van der Waals surface area contributed by atoms with Gasteiger partial charge in [0.2, 0.25) is 5.91 Å². The molecular weight excluding hydrogens is 337 g/mol. The summed E-state index contributed by atoms with van der Waals surface area (Å²) in [4.78, 5) is 12.1. The second kappa shape index (κ2) is 6.76. The molecule has 2 aromatic rings. The first-order valence-corrected chi connectivity index (χ1v) is 8.13. The van der Waals surface area contributed by atoms with Gasteiger partial charge in [0.1, 0.15) is 5.01 Å². The Labute approximate surface area is 134 Å². The fourth-order valence-electron chi connectivity index (χ4n) is 1.40. The largest absolute Gasteiger partial charge is 0.325 e. The number of aryl methyl sites for hydroxylation is 1. The van der Waals surface area contributed by atoms with Crippen LogP contribution in [0.1, 0.15) is 11.9 Å². The van der Waals surface area contributed by atoms with Crippen molar-refractivity contribution in [3.05, 3.63) is 33.3 Å². The van der Waals surface area contributed by atoms with Crippen molar-refractivity contribution in [3.63, 3.8) is 0 Å². The third kappa shape index (κ3) is 4.34. The molecule has 1 heterocycles. The van der Waals surface area contributed by atoms with Crippen molar-refractivity contribution in [2.45, 2.75) is 23.4 Å². The summed E-state index contributed by atoms with van der Waals surface area (Å²) in [6.07, 6.45) is 0. The van der Waals surface area contributed by atoms with Gasteiger partial charge in [0, 0.05) is 15.7 Å². The maximum atomic E-state index is 12.1. The summed E-state index contributed by atoms with van der Waals surface area (Å²) >= 11 is 14.6. The Morgan fingerprint density at radius 1 is 1.30 bits per heavy atom. The zero-order chi connectivity index (χ0) is 14.7. The van der Waals surface area contributed by atoms with E-state index in [2.05, 4.69) is 15.5 Å². The van der Waals surface area contributed by atoms with E-state index in [1.807, 2.05) is 13.8 Å². The van der Waals surface area contributed by atoms with Gasteiger partial charge < -0.3 is 5.32 Å². The highest BCUT2D eigenvalue weighted by Gasteiger charge is 2.17. The lowest BCUT2D eigenvalue weighted by molar-refractivity contribution is -0.115. The molecule has 1 atom stereocenters. The Hall–Kier alpha value is -0.820. The van der Waals surface area contributed by atoms with Crippen molar-refractivity contribution in [1.29, 1.82) is 0 Å². The Morgan fingerprint density at radius 3 is 2.50 bits per heavy atom. The van der Waals surface area contributed by atoms with Gasteiger partial charge in [-0.1, -0.05) is 46.3 Å². The lowest BCUT2D eigenvalue weighted by Crippen LogP contribution is -2.22. The minimum atomic E-state index is -0.292. The predicted octanol–water partition coefficient (Wildman–Crippen LogP) is 4.27. The Balaban J connectivity index is 2.00. The second-order valence-electron chi connectivity index (χ2n) is 3.99. The van der Waals surface area contributed by atoms with Crippen LogP contribution in [0.2, 0.25) is 10.0 Å². The van der Waals surface area contributed by atoms with E-state index in [1.54, 1.807) is 18.2 Å². The van der Waals surface area contributed by atoms with Gasteiger partial charge in [0.25, 0.3) is 0 Å². The number of carbonyl (C=O) groups is 1. The first-order chi connectivity index (χ1) is 9.44. The van der Waals surface area contributed by atoms with Crippen LogP contribution < -0.4 is 5.32 Å². The number of amides is 1. The summed E-state index contributed by atoms with van der Waals surface area (Å²) < 4.78 is 0.772. The average molecular weight is 348 g/mol. The molecule has 8 heteroatoms. The molecule has 1 amide bonds. The zero-order valence-corrected chi connectivity index (χ0v) is 13.8. The number of benzene rings is 1. The Kier molecular flexibility index (Phi) is 5.26. The number of rotatable bonds is 4. The van der Waals surface area contributed by atoms with Crippen molar-refractivity contribution in [2.75, 3.05) is 5.32 Å². The number of hydrogen-bond donors (Lipinski definition) is 1. The van der Waals surface area contributed by atoms with Gasteiger partial charge in [0.15, 0.2) is 4.34 Å². The lowest BCUT2D eigenvalue weighted by Gasteiger charge is -2.10. The molecule has 0 aliphatic heterocycles. The predicted molar refractivity (Wildman–Crippen MR) is 85.1 cm³/mol. The minimum Gasteiger partial charge on any atom is -0.325 e. The third-order valence-electron chi connectivity index (χ3n) is 2.28. The summed E-state index contributed by atoms with van der Waals surface area (Å²) in [7, 11) is 0. The molecular formula is C12H11Cl2N3OS2. The maximum Gasteiger partial charge on any atom is 0.237 e. The van der Waals surface area contributed by atoms with E-state index in [0.29, 0.717) is 15.7 Å². The molecule has 1 N–H and O–H groups in total. The highest BCUT2D eigenvalue weighted by atomic mass is 35.5. The zero-order valence-electron chi connectivity index (χ0n) is 10.7. The second-order valence-corrected chi connectivity index (χ2v) is 7.64. The van der Waals surface area contributed by atoms with Gasteiger partial charge in [0.05, 0.1) is 5.25 Å².